The number of likely N-dealkylation sites (N-methyl/N-ethyl adjacent to an activating group) is 1. The average molecular weight is 439 g/mol. The van der Waals surface area contributed by atoms with Crippen molar-refractivity contribution in [1.29, 1.82) is 0 Å². The average Bonchev–Trinajstić information content (AvgIpc) is 3.40. The molecule has 0 aliphatic carbocycles. The van der Waals surface area contributed by atoms with Crippen LogP contribution in [-0.4, -0.2) is 50.6 Å². The number of benzene rings is 2. The smallest absolute Gasteiger partial charge is 0.338 e. The van der Waals surface area contributed by atoms with Gasteiger partial charge in [0.2, 0.25) is 0 Å². The standard InChI is InChI=1S/C23H23FN4O2S/c1-27(2)17(7-9-28-10-8-25-14-28)11-15-3-6-20-21(12-15)31-22(26-20)16-4-5-19(24)18(13-16)23(29)30/h3-6,8,10,12-14,17H,7,9,11H2,1-2H3,(H,29,30). The molecule has 6 nitrogen and oxygen atoms in total. The van der Waals surface area contributed by atoms with Crippen LogP contribution in [0.1, 0.15) is 22.3 Å². The number of imidazole rings is 1. The predicted molar refractivity (Wildman–Crippen MR) is 120 cm³/mol. The first-order valence-electron chi connectivity index (χ1n) is 9.95. The topological polar surface area (TPSA) is 71.2 Å². The Bertz CT molecular complexity index is 1200. The molecule has 0 aliphatic rings. The van der Waals surface area contributed by atoms with Crippen molar-refractivity contribution >= 4 is 27.5 Å². The minimum absolute atomic E-state index is 0.343. The van der Waals surface area contributed by atoms with Gasteiger partial charge in [0.1, 0.15) is 10.8 Å². The third-order valence-corrected chi connectivity index (χ3v) is 6.45. The number of carbonyl (C=O) groups is 1. The van der Waals surface area contributed by atoms with E-state index in [9.17, 15) is 14.3 Å². The molecule has 0 amide bonds. The summed E-state index contributed by atoms with van der Waals surface area (Å²) >= 11 is 1.49. The lowest BCUT2D eigenvalue weighted by atomic mass is 10.0. The van der Waals surface area contributed by atoms with Crippen LogP contribution in [0.2, 0.25) is 0 Å². The van der Waals surface area contributed by atoms with E-state index in [-0.39, 0.29) is 5.56 Å². The van der Waals surface area contributed by atoms with Crippen molar-refractivity contribution in [2.45, 2.75) is 25.4 Å². The lowest BCUT2D eigenvalue weighted by Crippen LogP contribution is -2.31. The summed E-state index contributed by atoms with van der Waals surface area (Å²) in [4.78, 5) is 22.2. The number of aromatic nitrogens is 3. The number of thiazole rings is 1. The maximum atomic E-state index is 13.7. The molecule has 8 heteroatoms. The van der Waals surface area contributed by atoms with Crippen molar-refractivity contribution in [3.63, 3.8) is 0 Å². The highest BCUT2D eigenvalue weighted by molar-refractivity contribution is 7.21. The van der Waals surface area contributed by atoms with Crippen molar-refractivity contribution in [2.24, 2.45) is 0 Å². The number of hydrogen-bond donors (Lipinski definition) is 1. The second-order valence-corrected chi connectivity index (χ2v) is 8.76. The van der Waals surface area contributed by atoms with Crippen LogP contribution in [0.25, 0.3) is 20.8 Å². The van der Waals surface area contributed by atoms with Crippen LogP contribution in [0, 0.1) is 5.82 Å². The Kier molecular flexibility index (Phi) is 6.11. The zero-order valence-corrected chi connectivity index (χ0v) is 18.1. The number of rotatable bonds is 8. The van der Waals surface area contributed by atoms with Crippen LogP contribution >= 0.6 is 11.3 Å². The highest BCUT2D eigenvalue weighted by atomic mass is 32.1. The molecule has 1 unspecified atom stereocenters. The summed E-state index contributed by atoms with van der Waals surface area (Å²) in [5.41, 5.74) is 2.33. The van der Waals surface area contributed by atoms with Crippen molar-refractivity contribution < 1.29 is 14.3 Å². The van der Waals surface area contributed by atoms with Crippen LogP contribution in [0.4, 0.5) is 4.39 Å². The molecule has 2 aromatic carbocycles. The minimum atomic E-state index is -1.28. The fourth-order valence-electron chi connectivity index (χ4n) is 3.57. The van der Waals surface area contributed by atoms with Crippen LogP contribution in [0.5, 0.6) is 0 Å². The summed E-state index contributed by atoms with van der Waals surface area (Å²) in [5, 5.41) is 9.86. The molecule has 0 bridgehead atoms. The molecule has 1 atom stereocenters. The largest absolute Gasteiger partial charge is 0.478 e. The number of halogens is 1. The number of carboxylic acids is 1. The van der Waals surface area contributed by atoms with Gasteiger partial charge in [0.15, 0.2) is 0 Å². The molecule has 0 aliphatic heterocycles. The highest BCUT2D eigenvalue weighted by Gasteiger charge is 2.16. The Morgan fingerprint density at radius 3 is 2.81 bits per heavy atom. The van der Waals surface area contributed by atoms with E-state index in [2.05, 4.69) is 45.7 Å². The summed E-state index contributed by atoms with van der Waals surface area (Å²) in [5.74, 6) is -2.03. The Hall–Kier alpha value is -3.10. The molecule has 0 saturated heterocycles. The van der Waals surface area contributed by atoms with Gasteiger partial charge in [-0.3, -0.25) is 0 Å². The molecule has 2 heterocycles. The number of fused-ring (bicyclic) bond motifs is 1. The van der Waals surface area contributed by atoms with Gasteiger partial charge in [-0.25, -0.2) is 19.2 Å². The molecule has 0 radical (unpaired) electrons. The molecule has 0 fully saturated rings. The van der Waals surface area contributed by atoms with Crippen molar-refractivity contribution in [3.05, 3.63) is 72.1 Å². The van der Waals surface area contributed by atoms with E-state index in [1.165, 1.54) is 29.0 Å². The molecular formula is C23H23FN4O2S. The van der Waals surface area contributed by atoms with Crippen molar-refractivity contribution in [3.8, 4) is 10.6 Å². The molecule has 31 heavy (non-hydrogen) atoms. The highest BCUT2D eigenvalue weighted by Crippen LogP contribution is 2.32. The molecular weight excluding hydrogens is 415 g/mol. The number of aromatic carboxylic acids is 1. The van der Waals surface area contributed by atoms with E-state index in [1.807, 2.05) is 18.6 Å². The van der Waals surface area contributed by atoms with E-state index in [0.29, 0.717) is 16.6 Å². The lowest BCUT2D eigenvalue weighted by Gasteiger charge is -2.24. The van der Waals surface area contributed by atoms with E-state index >= 15 is 0 Å². The zero-order valence-electron chi connectivity index (χ0n) is 17.3. The number of aryl methyl sites for hydroxylation is 1. The maximum absolute atomic E-state index is 13.7. The second-order valence-electron chi connectivity index (χ2n) is 7.73. The minimum Gasteiger partial charge on any atom is -0.478 e. The Labute approximate surface area is 183 Å². The van der Waals surface area contributed by atoms with Gasteiger partial charge in [0.25, 0.3) is 0 Å². The van der Waals surface area contributed by atoms with Gasteiger partial charge in [-0.1, -0.05) is 6.07 Å². The molecule has 0 saturated carbocycles. The molecule has 4 aromatic rings. The normalized spacial score (nSPS) is 12.5. The van der Waals surface area contributed by atoms with Gasteiger partial charge in [-0.05, 0) is 62.8 Å². The number of hydrogen-bond acceptors (Lipinski definition) is 5. The Morgan fingerprint density at radius 1 is 1.26 bits per heavy atom. The van der Waals surface area contributed by atoms with Gasteiger partial charge >= 0.3 is 5.97 Å². The predicted octanol–water partition coefficient (Wildman–Crippen LogP) is 4.56. The first-order chi connectivity index (χ1) is 14.9. The van der Waals surface area contributed by atoms with Crippen LogP contribution < -0.4 is 0 Å². The molecule has 0 spiro atoms. The maximum Gasteiger partial charge on any atom is 0.338 e. The second kappa shape index (κ2) is 8.95. The lowest BCUT2D eigenvalue weighted by molar-refractivity contribution is 0.0692. The van der Waals surface area contributed by atoms with E-state index in [1.54, 1.807) is 12.3 Å². The van der Waals surface area contributed by atoms with E-state index < -0.39 is 11.8 Å². The molecule has 1 N–H and O–H groups in total. The third kappa shape index (κ3) is 4.81. The van der Waals surface area contributed by atoms with Gasteiger partial charge in [0.05, 0.1) is 22.1 Å². The summed E-state index contributed by atoms with van der Waals surface area (Å²) in [6.45, 7) is 0.909. The van der Waals surface area contributed by atoms with E-state index in [0.717, 1.165) is 29.6 Å². The van der Waals surface area contributed by atoms with Gasteiger partial charge < -0.3 is 14.6 Å². The van der Waals surface area contributed by atoms with Gasteiger partial charge in [-0.15, -0.1) is 11.3 Å². The summed E-state index contributed by atoms with van der Waals surface area (Å²) in [6, 6.07) is 10.7. The number of carboxylic acid groups (broad SMARTS) is 1. The fraction of sp³-hybridized carbons (Fsp3) is 0.261. The zero-order chi connectivity index (χ0) is 22.0. The molecule has 160 valence electrons. The first-order valence-corrected chi connectivity index (χ1v) is 10.8. The molecule has 4 rings (SSSR count). The Morgan fingerprint density at radius 2 is 2.10 bits per heavy atom. The third-order valence-electron chi connectivity index (χ3n) is 5.38. The summed E-state index contributed by atoms with van der Waals surface area (Å²) in [6.07, 6.45) is 7.51. The SMILES string of the molecule is CN(C)C(CCn1ccnc1)Cc1ccc2nc(-c3ccc(F)c(C(=O)O)c3)sc2c1. The fourth-order valence-corrected chi connectivity index (χ4v) is 4.60. The van der Waals surface area contributed by atoms with Crippen molar-refractivity contribution in [2.75, 3.05) is 14.1 Å². The summed E-state index contributed by atoms with van der Waals surface area (Å²) < 4.78 is 16.8. The van der Waals surface area contributed by atoms with Crippen molar-refractivity contribution in [1.82, 2.24) is 19.4 Å². The first kappa shape index (κ1) is 21.1. The van der Waals surface area contributed by atoms with Gasteiger partial charge in [-0.2, -0.15) is 0 Å². The van der Waals surface area contributed by atoms with Crippen LogP contribution in [0.3, 0.4) is 0 Å². The number of nitrogens with zero attached hydrogens (tertiary/aromatic N) is 4. The summed E-state index contributed by atoms with van der Waals surface area (Å²) in [7, 11) is 4.19. The Balaban J connectivity index is 1.55. The molecule has 2 aromatic heterocycles. The van der Waals surface area contributed by atoms with Crippen LogP contribution in [-0.2, 0) is 13.0 Å². The van der Waals surface area contributed by atoms with Crippen LogP contribution in [0.15, 0.2) is 55.1 Å². The monoisotopic (exact) mass is 438 g/mol. The van der Waals surface area contributed by atoms with E-state index in [4.69, 9.17) is 0 Å². The van der Waals surface area contributed by atoms with Gasteiger partial charge in [0, 0.05) is 30.5 Å². The quantitative estimate of drug-likeness (QED) is 0.437.